The van der Waals surface area contributed by atoms with Crippen LogP contribution in [0.4, 0.5) is 0 Å². The van der Waals surface area contributed by atoms with Gasteiger partial charge in [0, 0.05) is 25.1 Å². The van der Waals surface area contributed by atoms with Crippen molar-refractivity contribution in [3.05, 3.63) is 42.1 Å². The van der Waals surface area contributed by atoms with Gasteiger partial charge >= 0.3 is 0 Å². The summed E-state index contributed by atoms with van der Waals surface area (Å²) in [5, 5.41) is 11.5. The van der Waals surface area contributed by atoms with E-state index in [1.54, 1.807) is 13.3 Å². The minimum absolute atomic E-state index is 0.108. The Bertz CT molecular complexity index is 572. The van der Waals surface area contributed by atoms with Crippen molar-refractivity contribution in [2.75, 3.05) is 7.11 Å². The highest BCUT2D eigenvalue weighted by Crippen LogP contribution is 2.42. The Morgan fingerprint density at radius 3 is 2.89 bits per heavy atom. The molecule has 1 aromatic heterocycles. The van der Waals surface area contributed by atoms with Crippen LogP contribution in [-0.2, 0) is 4.74 Å². The molecular formula is C16H19NO2. The standard InChI is InChI=1S/C16H19NO2/c1-19-16(7-3-8-16)11-15(18)13-5-6-14-12(10-13)4-2-9-17-14/h2,4-6,9-10,15,18H,3,7-8,11H2,1H3. The van der Waals surface area contributed by atoms with E-state index < -0.39 is 6.10 Å². The maximum absolute atomic E-state index is 10.4. The number of pyridine rings is 1. The van der Waals surface area contributed by atoms with Crippen LogP contribution in [0, 0.1) is 0 Å². The summed E-state index contributed by atoms with van der Waals surface area (Å²) in [6.45, 7) is 0. The topological polar surface area (TPSA) is 42.4 Å². The average molecular weight is 257 g/mol. The van der Waals surface area contributed by atoms with E-state index in [1.807, 2.05) is 30.3 Å². The smallest absolute Gasteiger partial charge is 0.0817 e. The molecule has 3 heteroatoms. The van der Waals surface area contributed by atoms with Crippen LogP contribution in [0.3, 0.4) is 0 Å². The van der Waals surface area contributed by atoms with E-state index in [0.29, 0.717) is 6.42 Å². The second kappa shape index (κ2) is 4.91. The summed E-state index contributed by atoms with van der Waals surface area (Å²) >= 11 is 0. The molecule has 1 heterocycles. The lowest BCUT2D eigenvalue weighted by Crippen LogP contribution is -2.40. The van der Waals surface area contributed by atoms with Crippen molar-refractivity contribution in [3.63, 3.8) is 0 Å². The van der Waals surface area contributed by atoms with Gasteiger partial charge in [0.2, 0.25) is 0 Å². The molecule has 1 fully saturated rings. The van der Waals surface area contributed by atoms with Crippen molar-refractivity contribution in [3.8, 4) is 0 Å². The molecule has 0 radical (unpaired) electrons. The first-order chi connectivity index (χ1) is 9.22. The molecule has 1 aromatic carbocycles. The molecule has 1 atom stereocenters. The lowest BCUT2D eigenvalue weighted by molar-refractivity contribution is -0.0999. The molecule has 1 N–H and O–H groups in total. The molecule has 1 aliphatic rings. The molecule has 19 heavy (non-hydrogen) atoms. The summed E-state index contributed by atoms with van der Waals surface area (Å²) in [5.41, 5.74) is 1.80. The van der Waals surface area contributed by atoms with Crippen molar-refractivity contribution in [2.45, 2.75) is 37.4 Å². The van der Waals surface area contributed by atoms with Crippen molar-refractivity contribution in [2.24, 2.45) is 0 Å². The van der Waals surface area contributed by atoms with Gasteiger partial charge in [-0.25, -0.2) is 0 Å². The number of methoxy groups -OCH3 is 1. The SMILES string of the molecule is COC1(CC(O)c2ccc3ncccc3c2)CCC1. The van der Waals surface area contributed by atoms with Crippen LogP contribution in [0.25, 0.3) is 10.9 Å². The van der Waals surface area contributed by atoms with Gasteiger partial charge in [0.05, 0.1) is 17.2 Å². The monoisotopic (exact) mass is 257 g/mol. The Kier molecular flexibility index (Phi) is 3.25. The molecule has 0 saturated heterocycles. The highest BCUT2D eigenvalue weighted by molar-refractivity contribution is 5.79. The van der Waals surface area contributed by atoms with Gasteiger partial charge in [0.25, 0.3) is 0 Å². The summed E-state index contributed by atoms with van der Waals surface area (Å²) < 4.78 is 5.58. The number of aliphatic hydroxyl groups is 1. The number of hydrogen-bond donors (Lipinski definition) is 1. The normalized spacial score (nSPS) is 19.1. The number of aliphatic hydroxyl groups excluding tert-OH is 1. The molecule has 100 valence electrons. The van der Waals surface area contributed by atoms with Crippen LogP contribution in [0.15, 0.2) is 36.5 Å². The lowest BCUT2D eigenvalue weighted by atomic mass is 9.75. The zero-order valence-corrected chi connectivity index (χ0v) is 11.2. The van der Waals surface area contributed by atoms with Crippen LogP contribution in [-0.4, -0.2) is 22.8 Å². The molecule has 2 aromatic rings. The van der Waals surface area contributed by atoms with Gasteiger partial charge in [-0.05, 0) is 43.0 Å². The molecule has 3 rings (SSSR count). The first-order valence-electron chi connectivity index (χ1n) is 6.80. The molecule has 0 spiro atoms. The van der Waals surface area contributed by atoms with E-state index in [0.717, 1.165) is 29.3 Å². The third kappa shape index (κ3) is 2.36. The van der Waals surface area contributed by atoms with Crippen LogP contribution in [0.5, 0.6) is 0 Å². The molecule has 0 amide bonds. The highest BCUT2D eigenvalue weighted by Gasteiger charge is 2.38. The molecule has 3 nitrogen and oxygen atoms in total. The maximum atomic E-state index is 10.4. The van der Waals surface area contributed by atoms with E-state index in [-0.39, 0.29) is 5.60 Å². The van der Waals surface area contributed by atoms with Crippen LogP contribution in [0.2, 0.25) is 0 Å². The van der Waals surface area contributed by atoms with Crippen molar-refractivity contribution < 1.29 is 9.84 Å². The van der Waals surface area contributed by atoms with E-state index in [4.69, 9.17) is 4.74 Å². The number of nitrogens with zero attached hydrogens (tertiary/aromatic N) is 1. The fourth-order valence-electron chi connectivity index (χ4n) is 2.83. The van der Waals surface area contributed by atoms with Crippen LogP contribution < -0.4 is 0 Å². The third-order valence-electron chi connectivity index (χ3n) is 4.27. The Morgan fingerprint density at radius 2 is 2.21 bits per heavy atom. The number of benzene rings is 1. The number of aromatic nitrogens is 1. The molecule has 0 bridgehead atoms. The summed E-state index contributed by atoms with van der Waals surface area (Å²) in [5.74, 6) is 0. The van der Waals surface area contributed by atoms with Crippen LogP contribution in [0.1, 0.15) is 37.4 Å². The highest BCUT2D eigenvalue weighted by atomic mass is 16.5. The molecule has 0 aliphatic heterocycles. The van der Waals surface area contributed by atoms with Crippen molar-refractivity contribution in [1.29, 1.82) is 0 Å². The summed E-state index contributed by atoms with van der Waals surface area (Å²) in [6, 6.07) is 9.89. The Morgan fingerprint density at radius 1 is 1.37 bits per heavy atom. The predicted octanol–water partition coefficient (Wildman–Crippen LogP) is 3.23. The average Bonchev–Trinajstić information content (AvgIpc) is 2.42. The zero-order chi connectivity index (χ0) is 13.3. The minimum Gasteiger partial charge on any atom is -0.388 e. The van der Waals surface area contributed by atoms with E-state index in [1.165, 1.54) is 6.42 Å². The van der Waals surface area contributed by atoms with Crippen molar-refractivity contribution in [1.82, 2.24) is 4.98 Å². The maximum Gasteiger partial charge on any atom is 0.0817 e. The van der Waals surface area contributed by atoms with E-state index in [9.17, 15) is 5.11 Å². The lowest BCUT2D eigenvalue weighted by Gasteiger charge is -2.41. The summed E-state index contributed by atoms with van der Waals surface area (Å²) in [4.78, 5) is 4.29. The van der Waals surface area contributed by atoms with Gasteiger partial charge < -0.3 is 9.84 Å². The van der Waals surface area contributed by atoms with E-state index >= 15 is 0 Å². The molecule has 1 unspecified atom stereocenters. The van der Waals surface area contributed by atoms with Gasteiger partial charge in [-0.15, -0.1) is 0 Å². The van der Waals surface area contributed by atoms with Gasteiger partial charge in [-0.3, -0.25) is 4.98 Å². The van der Waals surface area contributed by atoms with Gasteiger partial charge in [0.1, 0.15) is 0 Å². The number of rotatable bonds is 4. The summed E-state index contributed by atoms with van der Waals surface area (Å²) in [6.07, 6.45) is 5.29. The Hall–Kier alpha value is -1.45. The van der Waals surface area contributed by atoms with Gasteiger partial charge in [0.15, 0.2) is 0 Å². The Labute approximate surface area is 113 Å². The minimum atomic E-state index is -0.468. The van der Waals surface area contributed by atoms with Crippen molar-refractivity contribution >= 4 is 10.9 Å². The second-order valence-electron chi connectivity index (χ2n) is 5.42. The molecular weight excluding hydrogens is 238 g/mol. The van der Waals surface area contributed by atoms with E-state index in [2.05, 4.69) is 4.98 Å². The predicted molar refractivity (Wildman–Crippen MR) is 74.9 cm³/mol. The van der Waals surface area contributed by atoms with Crippen LogP contribution >= 0.6 is 0 Å². The largest absolute Gasteiger partial charge is 0.388 e. The Balaban J connectivity index is 1.83. The quantitative estimate of drug-likeness (QED) is 0.914. The number of fused-ring (bicyclic) bond motifs is 1. The summed E-state index contributed by atoms with van der Waals surface area (Å²) in [7, 11) is 1.75. The number of hydrogen-bond acceptors (Lipinski definition) is 3. The number of ether oxygens (including phenoxy) is 1. The fourth-order valence-corrected chi connectivity index (χ4v) is 2.83. The fraction of sp³-hybridized carbons (Fsp3) is 0.438. The zero-order valence-electron chi connectivity index (χ0n) is 11.2. The second-order valence-corrected chi connectivity index (χ2v) is 5.42. The molecule has 1 saturated carbocycles. The third-order valence-corrected chi connectivity index (χ3v) is 4.27. The molecule has 1 aliphatic carbocycles. The first-order valence-corrected chi connectivity index (χ1v) is 6.80. The van der Waals surface area contributed by atoms with Gasteiger partial charge in [-0.1, -0.05) is 12.1 Å². The van der Waals surface area contributed by atoms with Gasteiger partial charge in [-0.2, -0.15) is 0 Å². The first kappa shape index (κ1) is 12.6.